The Hall–Kier alpha value is -4.05. The Morgan fingerprint density at radius 2 is 1.88 bits per heavy atom. The zero-order valence-electron chi connectivity index (χ0n) is 16.7. The Labute approximate surface area is 186 Å². The smallest absolute Gasteiger partial charge is 0.262 e. The zero-order chi connectivity index (χ0) is 22.4. The molecule has 0 radical (unpaired) electrons. The summed E-state index contributed by atoms with van der Waals surface area (Å²) < 4.78 is 5.35. The molecule has 0 bridgehead atoms. The number of amides is 4. The second-order valence-electron chi connectivity index (χ2n) is 7.28. The molecular weight excluding hydrogens is 432 g/mol. The average molecular weight is 448 g/mol. The molecule has 0 spiro atoms. The van der Waals surface area contributed by atoms with Crippen LogP contribution in [-0.2, 0) is 9.59 Å². The zero-order valence-corrected chi connectivity index (χ0v) is 17.6. The highest BCUT2D eigenvalue weighted by Crippen LogP contribution is 2.34. The SMILES string of the molecule is CC(C(=O)Nc1nc(-c2ccc3c(c2)NC(=O)CO3)cs1)N1C(=O)c2ccccc2C1=O. The molecule has 160 valence electrons. The maximum Gasteiger partial charge on any atom is 0.262 e. The number of rotatable bonds is 4. The number of anilines is 2. The second kappa shape index (κ2) is 7.57. The van der Waals surface area contributed by atoms with Crippen molar-refractivity contribution in [1.82, 2.24) is 9.88 Å². The van der Waals surface area contributed by atoms with Crippen LogP contribution in [-0.4, -0.2) is 46.2 Å². The predicted molar refractivity (Wildman–Crippen MR) is 117 cm³/mol. The summed E-state index contributed by atoms with van der Waals surface area (Å²) >= 11 is 1.21. The third-order valence-electron chi connectivity index (χ3n) is 5.23. The van der Waals surface area contributed by atoms with Gasteiger partial charge in [-0.15, -0.1) is 11.3 Å². The molecule has 2 aliphatic heterocycles. The van der Waals surface area contributed by atoms with E-state index in [4.69, 9.17) is 4.74 Å². The van der Waals surface area contributed by atoms with Crippen molar-refractivity contribution < 1.29 is 23.9 Å². The Morgan fingerprint density at radius 3 is 2.59 bits per heavy atom. The largest absolute Gasteiger partial charge is 0.482 e. The fourth-order valence-corrected chi connectivity index (χ4v) is 4.32. The van der Waals surface area contributed by atoms with Gasteiger partial charge >= 0.3 is 0 Å². The number of benzene rings is 2. The first-order chi connectivity index (χ1) is 15.4. The van der Waals surface area contributed by atoms with Gasteiger partial charge in [0.05, 0.1) is 22.5 Å². The van der Waals surface area contributed by atoms with Crippen LogP contribution in [0.25, 0.3) is 11.3 Å². The number of carbonyl (C=O) groups excluding carboxylic acids is 4. The van der Waals surface area contributed by atoms with Crippen molar-refractivity contribution in [3.05, 3.63) is 59.0 Å². The second-order valence-corrected chi connectivity index (χ2v) is 8.13. The molecule has 2 aliphatic rings. The third kappa shape index (κ3) is 3.30. The fraction of sp³-hybridized carbons (Fsp3) is 0.136. The first-order valence-corrected chi connectivity index (χ1v) is 10.6. The Bertz CT molecular complexity index is 1270. The summed E-state index contributed by atoms with van der Waals surface area (Å²) in [5, 5.41) is 7.50. The van der Waals surface area contributed by atoms with E-state index in [1.807, 2.05) is 0 Å². The van der Waals surface area contributed by atoms with Crippen molar-refractivity contribution in [2.75, 3.05) is 17.2 Å². The molecule has 9 nitrogen and oxygen atoms in total. The fourth-order valence-electron chi connectivity index (χ4n) is 3.59. The number of hydrogen-bond donors (Lipinski definition) is 2. The number of fused-ring (bicyclic) bond motifs is 2. The maximum atomic E-state index is 12.8. The minimum atomic E-state index is -1.01. The number of aromatic nitrogens is 1. The maximum absolute atomic E-state index is 12.8. The molecule has 0 fully saturated rings. The summed E-state index contributed by atoms with van der Waals surface area (Å²) in [4.78, 5) is 54.9. The third-order valence-corrected chi connectivity index (χ3v) is 5.99. The molecule has 3 aromatic rings. The lowest BCUT2D eigenvalue weighted by atomic mass is 10.1. The molecule has 2 aromatic carbocycles. The van der Waals surface area contributed by atoms with Crippen molar-refractivity contribution in [1.29, 1.82) is 0 Å². The van der Waals surface area contributed by atoms with Crippen molar-refractivity contribution in [3.8, 4) is 17.0 Å². The molecule has 1 aromatic heterocycles. The minimum absolute atomic E-state index is 0.0233. The molecule has 4 amide bonds. The van der Waals surface area contributed by atoms with Crippen LogP contribution >= 0.6 is 11.3 Å². The number of imide groups is 1. The summed E-state index contributed by atoms with van der Waals surface area (Å²) in [5.41, 5.74) is 2.46. The van der Waals surface area contributed by atoms with Crippen molar-refractivity contribution in [3.63, 3.8) is 0 Å². The lowest BCUT2D eigenvalue weighted by molar-refractivity contribution is -0.119. The lowest BCUT2D eigenvalue weighted by Crippen LogP contribution is -2.45. The topological polar surface area (TPSA) is 118 Å². The first kappa shape index (κ1) is 19.9. The van der Waals surface area contributed by atoms with Crippen LogP contribution in [0.15, 0.2) is 47.8 Å². The minimum Gasteiger partial charge on any atom is -0.482 e. The number of hydrogen-bond acceptors (Lipinski definition) is 7. The molecule has 0 saturated carbocycles. The summed E-state index contributed by atoms with van der Waals surface area (Å²) in [7, 11) is 0. The van der Waals surface area contributed by atoms with E-state index in [1.54, 1.807) is 47.8 Å². The van der Waals surface area contributed by atoms with Gasteiger partial charge in [0.15, 0.2) is 11.7 Å². The van der Waals surface area contributed by atoms with Gasteiger partial charge in [0, 0.05) is 10.9 Å². The summed E-state index contributed by atoms with van der Waals surface area (Å²) in [6.45, 7) is 1.47. The Balaban J connectivity index is 1.31. The van der Waals surface area contributed by atoms with Gasteiger partial charge < -0.3 is 15.4 Å². The monoisotopic (exact) mass is 448 g/mol. The van der Waals surface area contributed by atoms with Gasteiger partial charge in [0.25, 0.3) is 17.7 Å². The molecule has 1 atom stereocenters. The van der Waals surface area contributed by atoms with Crippen LogP contribution in [0.4, 0.5) is 10.8 Å². The molecule has 1 unspecified atom stereocenters. The van der Waals surface area contributed by atoms with E-state index < -0.39 is 23.8 Å². The molecule has 5 rings (SSSR count). The van der Waals surface area contributed by atoms with E-state index >= 15 is 0 Å². The van der Waals surface area contributed by atoms with Crippen molar-refractivity contribution in [2.24, 2.45) is 0 Å². The molecule has 10 heteroatoms. The number of nitrogens with zero attached hydrogens (tertiary/aromatic N) is 2. The molecule has 0 saturated heterocycles. The van der Waals surface area contributed by atoms with Crippen LogP contribution in [0.5, 0.6) is 5.75 Å². The van der Waals surface area contributed by atoms with E-state index in [1.165, 1.54) is 18.3 Å². The highest BCUT2D eigenvalue weighted by Gasteiger charge is 2.40. The van der Waals surface area contributed by atoms with Gasteiger partial charge in [0.1, 0.15) is 11.8 Å². The van der Waals surface area contributed by atoms with Gasteiger partial charge in [-0.05, 0) is 37.3 Å². The van der Waals surface area contributed by atoms with Crippen molar-refractivity contribution in [2.45, 2.75) is 13.0 Å². The molecular formula is C22H16N4O5S. The predicted octanol–water partition coefficient (Wildman–Crippen LogP) is 2.76. The Kier molecular flexibility index (Phi) is 4.71. The number of ether oxygens (including phenoxy) is 1. The molecule has 0 aliphatic carbocycles. The van der Waals surface area contributed by atoms with Crippen LogP contribution in [0.2, 0.25) is 0 Å². The average Bonchev–Trinajstić information content (AvgIpc) is 3.36. The van der Waals surface area contributed by atoms with E-state index in [-0.39, 0.29) is 23.6 Å². The highest BCUT2D eigenvalue weighted by atomic mass is 32.1. The number of nitrogens with one attached hydrogen (secondary N) is 2. The van der Waals surface area contributed by atoms with Crippen LogP contribution in [0.3, 0.4) is 0 Å². The first-order valence-electron chi connectivity index (χ1n) is 9.73. The normalized spacial score (nSPS) is 15.5. The van der Waals surface area contributed by atoms with Gasteiger partial charge in [0.2, 0.25) is 5.91 Å². The van der Waals surface area contributed by atoms with E-state index in [2.05, 4.69) is 15.6 Å². The summed E-state index contributed by atoms with van der Waals surface area (Å²) in [6.07, 6.45) is 0. The highest BCUT2D eigenvalue weighted by molar-refractivity contribution is 7.14. The standard InChI is InChI=1S/C22H16N4O5S/c1-11(26-20(29)13-4-2-3-5-14(13)21(26)30)19(28)25-22-24-16(10-32-22)12-6-7-17-15(8-12)23-18(27)9-31-17/h2-8,10-11H,9H2,1H3,(H,23,27)(H,24,25,28). The van der Waals surface area contributed by atoms with Gasteiger partial charge in [-0.2, -0.15) is 0 Å². The van der Waals surface area contributed by atoms with E-state index in [9.17, 15) is 19.2 Å². The summed E-state index contributed by atoms with van der Waals surface area (Å²) in [6, 6.07) is 10.8. The molecule has 2 N–H and O–H groups in total. The molecule has 32 heavy (non-hydrogen) atoms. The Morgan fingerprint density at radius 1 is 1.16 bits per heavy atom. The van der Waals surface area contributed by atoms with Gasteiger partial charge in [-0.25, -0.2) is 4.98 Å². The van der Waals surface area contributed by atoms with Crippen LogP contribution in [0.1, 0.15) is 27.6 Å². The van der Waals surface area contributed by atoms with Crippen LogP contribution in [0, 0.1) is 0 Å². The van der Waals surface area contributed by atoms with Crippen molar-refractivity contribution >= 4 is 45.8 Å². The van der Waals surface area contributed by atoms with E-state index in [0.29, 0.717) is 22.3 Å². The summed E-state index contributed by atoms with van der Waals surface area (Å²) in [5.74, 6) is -1.17. The number of carbonyl (C=O) groups is 4. The molecule has 3 heterocycles. The lowest BCUT2D eigenvalue weighted by Gasteiger charge is -2.21. The van der Waals surface area contributed by atoms with Gasteiger partial charge in [-0.3, -0.25) is 24.1 Å². The van der Waals surface area contributed by atoms with Crippen LogP contribution < -0.4 is 15.4 Å². The number of thiazole rings is 1. The quantitative estimate of drug-likeness (QED) is 0.593. The van der Waals surface area contributed by atoms with E-state index in [0.717, 1.165) is 10.5 Å². The van der Waals surface area contributed by atoms with Gasteiger partial charge in [-0.1, -0.05) is 12.1 Å².